The molecule has 1 N–H and O–H groups in total. The molecule has 0 radical (unpaired) electrons. The first kappa shape index (κ1) is 11.4. The third-order valence-corrected chi connectivity index (χ3v) is 3.65. The molecule has 3 nitrogen and oxygen atoms in total. The minimum absolute atomic E-state index is 0.510. The fourth-order valence-corrected chi connectivity index (χ4v) is 2.82. The molecule has 0 aliphatic carbocycles. The largest absolute Gasteiger partial charge is 0.377 e. The second-order valence-corrected chi connectivity index (χ2v) is 4.84. The molecular formula is C12H24N2O. The Hall–Kier alpha value is -0.120. The van der Waals surface area contributed by atoms with Gasteiger partial charge in [-0.15, -0.1) is 0 Å². The van der Waals surface area contributed by atoms with Crippen molar-refractivity contribution < 1.29 is 4.74 Å². The predicted octanol–water partition coefficient (Wildman–Crippen LogP) is 1.24. The number of likely N-dealkylation sites (N-methyl/N-ethyl adjacent to an activating group) is 1. The molecule has 0 bridgehead atoms. The van der Waals surface area contributed by atoms with Crippen molar-refractivity contribution in [3.8, 4) is 0 Å². The third kappa shape index (κ3) is 3.16. The molecule has 3 heteroatoms. The number of nitrogens with one attached hydrogen (secondary N) is 1. The zero-order chi connectivity index (χ0) is 10.5. The van der Waals surface area contributed by atoms with Gasteiger partial charge < -0.3 is 10.1 Å². The van der Waals surface area contributed by atoms with E-state index in [4.69, 9.17) is 4.74 Å². The molecule has 0 saturated carbocycles. The SMILES string of the molecule is CNCC1CCCN1CC1CCCCO1. The number of ether oxygens (including phenoxy) is 1. The molecule has 2 fully saturated rings. The molecule has 2 rings (SSSR count). The number of hydrogen-bond acceptors (Lipinski definition) is 3. The summed E-state index contributed by atoms with van der Waals surface area (Å²) >= 11 is 0. The fourth-order valence-electron chi connectivity index (χ4n) is 2.82. The highest BCUT2D eigenvalue weighted by Gasteiger charge is 2.27. The summed E-state index contributed by atoms with van der Waals surface area (Å²) < 4.78 is 5.80. The van der Waals surface area contributed by atoms with Gasteiger partial charge in [0.1, 0.15) is 0 Å². The van der Waals surface area contributed by atoms with Gasteiger partial charge in [-0.05, 0) is 45.7 Å². The zero-order valence-electron chi connectivity index (χ0n) is 9.87. The summed E-state index contributed by atoms with van der Waals surface area (Å²) in [5.74, 6) is 0. The summed E-state index contributed by atoms with van der Waals surface area (Å²) in [5.41, 5.74) is 0. The van der Waals surface area contributed by atoms with Gasteiger partial charge in [0.15, 0.2) is 0 Å². The van der Waals surface area contributed by atoms with E-state index in [-0.39, 0.29) is 0 Å². The van der Waals surface area contributed by atoms with Gasteiger partial charge in [-0.1, -0.05) is 0 Å². The molecule has 0 spiro atoms. The van der Waals surface area contributed by atoms with Crippen LogP contribution >= 0.6 is 0 Å². The Balaban J connectivity index is 1.76. The van der Waals surface area contributed by atoms with Crippen LogP contribution in [-0.2, 0) is 4.74 Å². The van der Waals surface area contributed by atoms with Crippen LogP contribution in [0.2, 0.25) is 0 Å². The minimum Gasteiger partial charge on any atom is -0.377 e. The van der Waals surface area contributed by atoms with E-state index in [1.165, 1.54) is 38.6 Å². The van der Waals surface area contributed by atoms with Gasteiger partial charge in [0.05, 0.1) is 6.10 Å². The van der Waals surface area contributed by atoms with Crippen molar-refractivity contribution in [2.75, 3.05) is 33.3 Å². The first-order valence-corrected chi connectivity index (χ1v) is 6.40. The molecule has 0 aromatic carbocycles. The molecule has 2 saturated heterocycles. The van der Waals surface area contributed by atoms with Crippen molar-refractivity contribution in [1.82, 2.24) is 10.2 Å². The molecule has 2 atom stereocenters. The van der Waals surface area contributed by atoms with Gasteiger partial charge in [0.25, 0.3) is 0 Å². The Morgan fingerprint density at radius 1 is 1.27 bits per heavy atom. The molecule has 88 valence electrons. The predicted molar refractivity (Wildman–Crippen MR) is 62.1 cm³/mol. The van der Waals surface area contributed by atoms with E-state index < -0.39 is 0 Å². The molecule has 0 aromatic rings. The molecule has 15 heavy (non-hydrogen) atoms. The topological polar surface area (TPSA) is 24.5 Å². The lowest BCUT2D eigenvalue weighted by Crippen LogP contribution is -2.42. The molecule has 2 unspecified atom stereocenters. The standard InChI is InChI=1S/C12H24N2O/c1-13-9-11-5-4-7-14(11)10-12-6-2-3-8-15-12/h11-13H,2-10H2,1H3. The van der Waals surface area contributed by atoms with Crippen LogP contribution in [0, 0.1) is 0 Å². The van der Waals surface area contributed by atoms with Crippen molar-refractivity contribution in [1.29, 1.82) is 0 Å². The van der Waals surface area contributed by atoms with E-state index >= 15 is 0 Å². The van der Waals surface area contributed by atoms with E-state index in [1.54, 1.807) is 0 Å². The second-order valence-electron chi connectivity index (χ2n) is 4.84. The van der Waals surface area contributed by atoms with Crippen LogP contribution < -0.4 is 5.32 Å². The molecule has 2 heterocycles. The number of hydrogen-bond donors (Lipinski definition) is 1. The van der Waals surface area contributed by atoms with Gasteiger partial charge in [-0.3, -0.25) is 4.90 Å². The fraction of sp³-hybridized carbons (Fsp3) is 1.00. The average Bonchev–Trinajstić information content (AvgIpc) is 2.68. The zero-order valence-corrected chi connectivity index (χ0v) is 9.87. The third-order valence-electron chi connectivity index (χ3n) is 3.65. The average molecular weight is 212 g/mol. The Labute approximate surface area is 93.2 Å². The Kier molecular flexibility index (Phi) is 4.42. The summed E-state index contributed by atoms with van der Waals surface area (Å²) in [4.78, 5) is 2.62. The minimum atomic E-state index is 0.510. The number of likely N-dealkylation sites (tertiary alicyclic amines) is 1. The van der Waals surface area contributed by atoms with Gasteiger partial charge in [-0.2, -0.15) is 0 Å². The molecule has 2 aliphatic heterocycles. The number of nitrogens with zero attached hydrogens (tertiary/aromatic N) is 1. The van der Waals surface area contributed by atoms with E-state index in [2.05, 4.69) is 10.2 Å². The van der Waals surface area contributed by atoms with Crippen molar-refractivity contribution in [3.05, 3.63) is 0 Å². The van der Waals surface area contributed by atoms with Crippen LogP contribution in [0.5, 0.6) is 0 Å². The van der Waals surface area contributed by atoms with Gasteiger partial charge in [-0.25, -0.2) is 0 Å². The van der Waals surface area contributed by atoms with Crippen LogP contribution in [0.25, 0.3) is 0 Å². The molecule has 0 amide bonds. The molecule has 0 aromatic heterocycles. The monoisotopic (exact) mass is 212 g/mol. The molecule has 2 aliphatic rings. The van der Waals surface area contributed by atoms with Crippen LogP contribution in [0.1, 0.15) is 32.1 Å². The van der Waals surface area contributed by atoms with Gasteiger partial charge >= 0.3 is 0 Å². The van der Waals surface area contributed by atoms with E-state index in [0.717, 1.165) is 25.7 Å². The van der Waals surface area contributed by atoms with Gasteiger partial charge in [0.2, 0.25) is 0 Å². The van der Waals surface area contributed by atoms with Crippen molar-refractivity contribution in [2.45, 2.75) is 44.2 Å². The van der Waals surface area contributed by atoms with Crippen molar-refractivity contribution in [2.24, 2.45) is 0 Å². The lowest BCUT2D eigenvalue weighted by molar-refractivity contribution is -0.00770. The highest BCUT2D eigenvalue weighted by Crippen LogP contribution is 2.20. The summed E-state index contributed by atoms with van der Waals surface area (Å²) in [6.45, 7) is 4.54. The highest BCUT2D eigenvalue weighted by atomic mass is 16.5. The first-order chi connectivity index (χ1) is 7.40. The number of rotatable bonds is 4. The first-order valence-electron chi connectivity index (χ1n) is 6.40. The van der Waals surface area contributed by atoms with Crippen molar-refractivity contribution >= 4 is 0 Å². The quantitative estimate of drug-likeness (QED) is 0.759. The van der Waals surface area contributed by atoms with Crippen LogP contribution in [0.4, 0.5) is 0 Å². The smallest absolute Gasteiger partial charge is 0.0702 e. The van der Waals surface area contributed by atoms with Crippen LogP contribution in [0.15, 0.2) is 0 Å². The lowest BCUT2D eigenvalue weighted by Gasteiger charge is -2.30. The maximum atomic E-state index is 5.80. The Morgan fingerprint density at radius 3 is 2.93 bits per heavy atom. The Bertz CT molecular complexity index is 180. The van der Waals surface area contributed by atoms with Crippen LogP contribution in [0.3, 0.4) is 0 Å². The summed E-state index contributed by atoms with van der Waals surface area (Å²) in [6, 6.07) is 0.750. The summed E-state index contributed by atoms with van der Waals surface area (Å²) in [6.07, 6.45) is 7.11. The second kappa shape index (κ2) is 5.83. The summed E-state index contributed by atoms with van der Waals surface area (Å²) in [5, 5.41) is 3.29. The molecular weight excluding hydrogens is 188 g/mol. The van der Waals surface area contributed by atoms with Crippen molar-refractivity contribution in [3.63, 3.8) is 0 Å². The van der Waals surface area contributed by atoms with E-state index in [0.29, 0.717) is 6.10 Å². The summed E-state index contributed by atoms with van der Waals surface area (Å²) in [7, 11) is 2.05. The van der Waals surface area contributed by atoms with Crippen LogP contribution in [-0.4, -0.2) is 50.3 Å². The lowest BCUT2D eigenvalue weighted by atomic mass is 10.1. The Morgan fingerprint density at radius 2 is 2.20 bits per heavy atom. The maximum absolute atomic E-state index is 5.80. The maximum Gasteiger partial charge on any atom is 0.0702 e. The highest BCUT2D eigenvalue weighted by molar-refractivity contribution is 4.83. The van der Waals surface area contributed by atoms with E-state index in [1.807, 2.05) is 7.05 Å². The van der Waals surface area contributed by atoms with E-state index in [9.17, 15) is 0 Å². The normalized spacial score (nSPS) is 33.4. The van der Waals surface area contributed by atoms with Gasteiger partial charge in [0, 0.05) is 25.7 Å².